The normalized spacial score (nSPS) is 16.3. The molecule has 0 unspecified atom stereocenters. The van der Waals surface area contributed by atoms with Gasteiger partial charge in [-0.1, -0.05) is 25.0 Å². The van der Waals surface area contributed by atoms with Gasteiger partial charge in [0.2, 0.25) is 5.91 Å². The monoisotopic (exact) mass is 422 g/mol. The van der Waals surface area contributed by atoms with Gasteiger partial charge in [0.25, 0.3) is 5.91 Å². The maximum atomic E-state index is 12.2. The van der Waals surface area contributed by atoms with E-state index in [0.29, 0.717) is 18.0 Å². The van der Waals surface area contributed by atoms with Gasteiger partial charge < -0.3 is 20.3 Å². The first-order valence-electron chi connectivity index (χ1n) is 11.2. The molecule has 2 heterocycles. The van der Waals surface area contributed by atoms with Crippen LogP contribution in [0, 0.1) is 5.92 Å². The van der Waals surface area contributed by atoms with E-state index in [1.54, 1.807) is 18.2 Å². The van der Waals surface area contributed by atoms with E-state index in [4.69, 9.17) is 4.74 Å². The van der Waals surface area contributed by atoms with Crippen LogP contribution in [0.3, 0.4) is 0 Å². The number of carbonyl (C=O) groups excluding carboxylic acids is 2. The van der Waals surface area contributed by atoms with Gasteiger partial charge in [-0.2, -0.15) is 0 Å². The van der Waals surface area contributed by atoms with E-state index in [-0.39, 0.29) is 24.3 Å². The van der Waals surface area contributed by atoms with Crippen LogP contribution >= 0.6 is 0 Å². The van der Waals surface area contributed by atoms with E-state index in [9.17, 15) is 9.59 Å². The Morgan fingerprint density at radius 2 is 1.87 bits per heavy atom. The fraction of sp³-hybridized carbons (Fsp3) is 0.458. The second-order valence-electron chi connectivity index (χ2n) is 8.28. The molecular formula is C24H30N4O3. The highest BCUT2D eigenvalue weighted by atomic mass is 16.5. The van der Waals surface area contributed by atoms with Gasteiger partial charge in [0.05, 0.1) is 0 Å². The molecule has 0 spiro atoms. The molecule has 1 aromatic carbocycles. The lowest BCUT2D eigenvalue weighted by Gasteiger charge is -2.21. The topological polar surface area (TPSA) is 83.6 Å². The Morgan fingerprint density at radius 1 is 1.06 bits per heavy atom. The van der Waals surface area contributed by atoms with E-state index >= 15 is 0 Å². The SMILES string of the molecule is O=C(COc1cccc(NC(=O)C2CC2)c1)NCc1ccc(N2CCCCCC2)nc1. The molecule has 2 aromatic rings. The van der Waals surface area contributed by atoms with Crippen molar-refractivity contribution in [2.45, 2.75) is 45.1 Å². The Labute approximate surface area is 183 Å². The maximum Gasteiger partial charge on any atom is 0.258 e. The molecule has 0 bridgehead atoms. The summed E-state index contributed by atoms with van der Waals surface area (Å²) >= 11 is 0. The number of aromatic nitrogens is 1. The van der Waals surface area contributed by atoms with Crippen LogP contribution in [-0.4, -0.2) is 36.5 Å². The maximum absolute atomic E-state index is 12.2. The Bertz CT molecular complexity index is 888. The fourth-order valence-corrected chi connectivity index (χ4v) is 3.66. The number of rotatable bonds is 8. The first-order valence-corrected chi connectivity index (χ1v) is 11.2. The van der Waals surface area contributed by atoms with Gasteiger partial charge in [-0.25, -0.2) is 4.98 Å². The highest BCUT2D eigenvalue weighted by molar-refractivity contribution is 5.94. The Hall–Kier alpha value is -3.09. The number of hydrogen-bond donors (Lipinski definition) is 2. The number of anilines is 2. The van der Waals surface area contributed by atoms with Gasteiger partial charge in [-0.05, 0) is 49.4 Å². The van der Waals surface area contributed by atoms with Crippen molar-refractivity contribution in [1.29, 1.82) is 0 Å². The Morgan fingerprint density at radius 3 is 2.58 bits per heavy atom. The average molecular weight is 423 g/mol. The van der Waals surface area contributed by atoms with E-state index in [0.717, 1.165) is 37.3 Å². The molecule has 1 aliphatic carbocycles. The molecule has 7 nitrogen and oxygen atoms in total. The molecule has 2 aliphatic rings. The molecule has 4 rings (SSSR count). The van der Waals surface area contributed by atoms with Crippen LogP contribution in [0.4, 0.5) is 11.5 Å². The van der Waals surface area contributed by atoms with Crippen LogP contribution in [-0.2, 0) is 16.1 Å². The highest BCUT2D eigenvalue weighted by Crippen LogP contribution is 2.30. The summed E-state index contributed by atoms with van der Waals surface area (Å²) in [5, 5.41) is 5.74. The summed E-state index contributed by atoms with van der Waals surface area (Å²) in [4.78, 5) is 31.0. The summed E-state index contributed by atoms with van der Waals surface area (Å²) < 4.78 is 5.58. The third-order valence-electron chi connectivity index (χ3n) is 5.65. The molecule has 0 atom stereocenters. The van der Waals surface area contributed by atoms with Gasteiger partial charge in [0.1, 0.15) is 11.6 Å². The van der Waals surface area contributed by atoms with Gasteiger partial charge in [0.15, 0.2) is 6.61 Å². The molecule has 2 N–H and O–H groups in total. The smallest absolute Gasteiger partial charge is 0.258 e. The zero-order valence-corrected chi connectivity index (χ0v) is 17.8. The number of ether oxygens (including phenoxy) is 1. The van der Waals surface area contributed by atoms with Crippen molar-refractivity contribution < 1.29 is 14.3 Å². The predicted octanol–water partition coefficient (Wildman–Crippen LogP) is 3.51. The molecular weight excluding hydrogens is 392 g/mol. The molecule has 164 valence electrons. The van der Waals surface area contributed by atoms with Crippen LogP contribution in [0.5, 0.6) is 5.75 Å². The molecule has 0 radical (unpaired) electrons. The van der Waals surface area contributed by atoms with Crippen LogP contribution in [0.25, 0.3) is 0 Å². The minimum atomic E-state index is -0.205. The first kappa shape index (κ1) is 21.2. The van der Waals surface area contributed by atoms with Gasteiger partial charge in [-0.3, -0.25) is 9.59 Å². The Balaban J connectivity index is 1.21. The molecule has 1 aromatic heterocycles. The number of pyridine rings is 1. The minimum absolute atomic E-state index is 0.0466. The van der Waals surface area contributed by atoms with Crippen LogP contribution < -0.4 is 20.3 Å². The lowest BCUT2D eigenvalue weighted by Crippen LogP contribution is -2.28. The number of nitrogens with one attached hydrogen (secondary N) is 2. The van der Waals surface area contributed by atoms with Crippen molar-refractivity contribution in [2.24, 2.45) is 5.92 Å². The summed E-state index contributed by atoms with van der Waals surface area (Å²) in [5.41, 5.74) is 1.64. The number of carbonyl (C=O) groups is 2. The van der Waals surface area contributed by atoms with Crippen molar-refractivity contribution in [3.05, 3.63) is 48.2 Å². The van der Waals surface area contributed by atoms with Crippen molar-refractivity contribution in [3.63, 3.8) is 0 Å². The largest absolute Gasteiger partial charge is 0.484 e. The third kappa shape index (κ3) is 6.44. The lowest BCUT2D eigenvalue weighted by atomic mass is 10.2. The molecule has 2 fully saturated rings. The van der Waals surface area contributed by atoms with Crippen LogP contribution in [0.1, 0.15) is 44.1 Å². The second-order valence-corrected chi connectivity index (χ2v) is 8.28. The number of hydrogen-bond acceptors (Lipinski definition) is 5. The zero-order chi connectivity index (χ0) is 21.5. The standard InChI is InChI=1S/C24H30N4O3/c29-23(17-31-21-7-5-6-20(14-21)27-24(30)19-9-10-19)26-16-18-8-11-22(25-15-18)28-12-3-1-2-4-13-28/h5-8,11,14-15,19H,1-4,9-10,12-13,16-17H2,(H,26,29)(H,27,30). The summed E-state index contributed by atoms with van der Waals surface area (Å²) in [7, 11) is 0. The summed E-state index contributed by atoms with van der Waals surface area (Å²) in [6, 6.07) is 11.2. The first-order chi connectivity index (χ1) is 15.2. The summed E-state index contributed by atoms with van der Waals surface area (Å²) in [6.07, 6.45) is 8.76. The van der Waals surface area contributed by atoms with Crippen molar-refractivity contribution in [1.82, 2.24) is 10.3 Å². The third-order valence-corrected chi connectivity index (χ3v) is 5.65. The quantitative estimate of drug-likeness (QED) is 0.680. The molecule has 1 saturated carbocycles. The van der Waals surface area contributed by atoms with Crippen molar-refractivity contribution in [2.75, 3.05) is 29.9 Å². The summed E-state index contributed by atoms with van der Waals surface area (Å²) in [6.45, 7) is 2.45. The molecule has 1 saturated heterocycles. The highest BCUT2D eigenvalue weighted by Gasteiger charge is 2.29. The molecule has 1 aliphatic heterocycles. The second kappa shape index (κ2) is 10.3. The van der Waals surface area contributed by atoms with Gasteiger partial charge in [0, 0.05) is 43.5 Å². The van der Waals surface area contributed by atoms with Crippen molar-refractivity contribution >= 4 is 23.3 Å². The number of benzene rings is 1. The van der Waals surface area contributed by atoms with E-state index in [1.165, 1.54) is 25.7 Å². The van der Waals surface area contributed by atoms with Crippen LogP contribution in [0.2, 0.25) is 0 Å². The van der Waals surface area contributed by atoms with Gasteiger partial charge >= 0.3 is 0 Å². The Kier molecular flexibility index (Phi) is 7.02. The van der Waals surface area contributed by atoms with Crippen molar-refractivity contribution in [3.8, 4) is 5.75 Å². The fourth-order valence-electron chi connectivity index (χ4n) is 3.66. The van der Waals surface area contributed by atoms with Crippen LogP contribution in [0.15, 0.2) is 42.6 Å². The lowest BCUT2D eigenvalue weighted by molar-refractivity contribution is -0.123. The van der Waals surface area contributed by atoms with Gasteiger partial charge in [-0.15, -0.1) is 0 Å². The predicted molar refractivity (Wildman–Crippen MR) is 120 cm³/mol. The molecule has 31 heavy (non-hydrogen) atoms. The van der Waals surface area contributed by atoms with E-state index in [2.05, 4.69) is 20.5 Å². The summed E-state index contributed by atoms with van der Waals surface area (Å²) in [5.74, 6) is 1.54. The minimum Gasteiger partial charge on any atom is -0.484 e. The molecule has 2 amide bonds. The molecule has 7 heteroatoms. The average Bonchev–Trinajstić information content (AvgIpc) is 3.64. The number of amides is 2. The zero-order valence-electron chi connectivity index (χ0n) is 17.8. The number of nitrogens with zero attached hydrogens (tertiary/aromatic N) is 2. The van der Waals surface area contributed by atoms with E-state index < -0.39 is 0 Å². The van der Waals surface area contributed by atoms with E-state index in [1.807, 2.05) is 24.4 Å².